The molecule has 3 nitrogen and oxygen atoms in total. The lowest BCUT2D eigenvalue weighted by molar-refractivity contribution is 0.0953. The number of halogens is 1. The molecule has 4 heteroatoms. The molecule has 1 amide bonds. The van der Waals surface area contributed by atoms with Crippen LogP contribution in [0.5, 0.6) is 0 Å². The van der Waals surface area contributed by atoms with E-state index in [4.69, 9.17) is 11.6 Å². The molecule has 1 saturated heterocycles. The SMILES string of the molecule is O=C(NCCCc1ccccc1Cl)c1ccc(CN2CCCCCC2)cc1. The van der Waals surface area contributed by atoms with E-state index in [0.29, 0.717) is 6.54 Å². The Morgan fingerprint density at radius 3 is 2.37 bits per heavy atom. The molecule has 2 aromatic rings. The van der Waals surface area contributed by atoms with Crippen LogP contribution in [0.4, 0.5) is 0 Å². The zero-order chi connectivity index (χ0) is 18.9. The zero-order valence-electron chi connectivity index (χ0n) is 15.9. The maximum atomic E-state index is 12.3. The van der Waals surface area contributed by atoms with Crippen molar-refractivity contribution >= 4 is 17.5 Å². The summed E-state index contributed by atoms with van der Waals surface area (Å²) >= 11 is 6.16. The standard InChI is InChI=1S/C23H29ClN2O/c24-22-10-4-3-8-20(22)9-7-15-25-23(27)21-13-11-19(12-14-21)18-26-16-5-1-2-6-17-26/h3-4,8,10-14H,1-2,5-7,9,15-18H2,(H,25,27). The Labute approximate surface area is 167 Å². The number of hydrogen-bond donors (Lipinski definition) is 1. The van der Waals surface area contributed by atoms with Crippen LogP contribution in [0.1, 0.15) is 53.6 Å². The van der Waals surface area contributed by atoms with Gasteiger partial charge in [-0.3, -0.25) is 9.69 Å². The molecule has 1 aliphatic heterocycles. The second-order valence-electron chi connectivity index (χ2n) is 7.34. The van der Waals surface area contributed by atoms with E-state index in [1.807, 2.05) is 36.4 Å². The molecule has 0 bridgehead atoms. The number of benzene rings is 2. The van der Waals surface area contributed by atoms with E-state index in [1.54, 1.807) is 0 Å². The number of rotatable bonds is 7. The van der Waals surface area contributed by atoms with Crippen LogP contribution in [0.25, 0.3) is 0 Å². The molecule has 3 rings (SSSR count). The predicted molar refractivity (Wildman–Crippen MR) is 112 cm³/mol. The minimum atomic E-state index is -0.00418. The van der Waals surface area contributed by atoms with Crippen LogP contribution in [0, 0.1) is 0 Å². The molecule has 0 atom stereocenters. The van der Waals surface area contributed by atoms with Crippen molar-refractivity contribution in [1.29, 1.82) is 0 Å². The first-order valence-electron chi connectivity index (χ1n) is 10.1. The monoisotopic (exact) mass is 384 g/mol. The highest BCUT2D eigenvalue weighted by atomic mass is 35.5. The van der Waals surface area contributed by atoms with Gasteiger partial charge in [-0.15, -0.1) is 0 Å². The van der Waals surface area contributed by atoms with Gasteiger partial charge in [-0.05, 0) is 68.1 Å². The van der Waals surface area contributed by atoms with Gasteiger partial charge in [0.15, 0.2) is 0 Å². The van der Waals surface area contributed by atoms with Crippen LogP contribution < -0.4 is 5.32 Å². The van der Waals surface area contributed by atoms with Gasteiger partial charge >= 0.3 is 0 Å². The Bertz CT molecular complexity index is 721. The first-order valence-corrected chi connectivity index (χ1v) is 10.4. The molecule has 0 spiro atoms. The summed E-state index contributed by atoms with van der Waals surface area (Å²) in [6.45, 7) is 4.01. The second kappa shape index (κ2) is 10.5. The summed E-state index contributed by atoms with van der Waals surface area (Å²) < 4.78 is 0. The number of aryl methyl sites for hydroxylation is 1. The molecule has 2 aromatic carbocycles. The van der Waals surface area contributed by atoms with Crippen molar-refractivity contribution in [3.05, 3.63) is 70.2 Å². The van der Waals surface area contributed by atoms with Crippen molar-refractivity contribution in [2.75, 3.05) is 19.6 Å². The number of hydrogen-bond acceptors (Lipinski definition) is 2. The van der Waals surface area contributed by atoms with E-state index in [-0.39, 0.29) is 5.91 Å². The van der Waals surface area contributed by atoms with Gasteiger partial charge in [0.1, 0.15) is 0 Å². The largest absolute Gasteiger partial charge is 0.352 e. The van der Waals surface area contributed by atoms with Crippen LogP contribution in [0.3, 0.4) is 0 Å². The summed E-state index contributed by atoms with van der Waals surface area (Å²) in [6, 6.07) is 15.9. The smallest absolute Gasteiger partial charge is 0.251 e. The van der Waals surface area contributed by atoms with Gasteiger partial charge in [-0.25, -0.2) is 0 Å². The summed E-state index contributed by atoms with van der Waals surface area (Å²) in [4.78, 5) is 14.8. The van der Waals surface area contributed by atoms with E-state index in [0.717, 1.165) is 35.5 Å². The quantitative estimate of drug-likeness (QED) is 0.675. The molecule has 1 heterocycles. The normalized spacial score (nSPS) is 15.3. The van der Waals surface area contributed by atoms with E-state index in [9.17, 15) is 4.79 Å². The van der Waals surface area contributed by atoms with E-state index < -0.39 is 0 Å². The number of likely N-dealkylation sites (tertiary alicyclic amines) is 1. The van der Waals surface area contributed by atoms with Gasteiger partial charge in [0.2, 0.25) is 0 Å². The fourth-order valence-electron chi connectivity index (χ4n) is 3.60. The van der Waals surface area contributed by atoms with Gasteiger partial charge in [0.25, 0.3) is 5.91 Å². The highest BCUT2D eigenvalue weighted by Gasteiger charge is 2.10. The summed E-state index contributed by atoms with van der Waals surface area (Å²) in [5, 5.41) is 3.80. The zero-order valence-corrected chi connectivity index (χ0v) is 16.7. The first kappa shape index (κ1) is 19.9. The molecule has 0 unspecified atom stereocenters. The van der Waals surface area contributed by atoms with Crippen molar-refractivity contribution in [3.8, 4) is 0 Å². The third-order valence-electron chi connectivity index (χ3n) is 5.19. The number of amides is 1. The Balaban J connectivity index is 1.42. The lowest BCUT2D eigenvalue weighted by atomic mass is 10.1. The highest BCUT2D eigenvalue weighted by molar-refractivity contribution is 6.31. The Kier molecular flexibility index (Phi) is 7.73. The predicted octanol–water partition coefficient (Wildman–Crippen LogP) is 5.08. The number of carbonyl (C=O) groups is 1. The maximum Gasteiger partial charge on any atom is 0.251 e. The lowest BCUT2D eigenvalue weighted by Crippen LogP contribution is -2.25. The highest BCUT2D eigenvalue weighted by Crippen LogP contribution is 2.16. The molecule has 0 radical (unpaired) electrons. The average molecular weight is 385 g/mol. The van der Waals surface area contributed by atoms with Gasteiger partial charge in [0.05, 0.1) is 0 Å². The molecular formula is C23H29ClN2O. The minimum Gasteiger partial charge on any atom is -0.352 e. The van der Waals surface area contributed by atoms with E-state index >= 15 is 0 Å². The topological polar surface area (TPSA) is 32.3 Å². The van der Waals surface area contributed by atoms with Crippen molar-refractivity contribution in [1.82, 2.24) is 10.2 Å². The number of carbonyl (C=O) groups excluding carboxylic acids is 1. The Hall–Kier alpha value is -1.84. The lowest BCUT2D eigenvalue weighted by Gasteiger charge is -2.19. The van der Waals surface area contributed by atoms with Gasteiger partial charge in [-0.1, -0.05) is 54.8 Å². The van der Waals surface area contributed by atoms with Crippen LogP contribution in [0.15, 0.2) is 48.5 Å². The molecule has 0 aliphatic carbocycles. The van der Waals surface area contributed by atoms with E-state index in [1.165, 1.54) is 44.3 Å². The first-order chi connectivity index (χ1) is 13.2. The third kappa shape index (κ3) is 6.37. The molecule has 144 valence electrons. The fourth-order valence-corrected chi connectivity index (χ4v) is 3.83. The second-order valence-corrected chi connectivity index (χ2v) is 7.75. The van der Waals surface area contributed by atoms with Crippen molar-refractivity contribution in [2.24, 2.45) is 0 Å². The molecule has 1 aliphatic rings. The summed E-state index contributed by atoms with van der Waals surface area (Å²) in [7, 11) is 0. The van der Waals surface area contributed by atoms with Crippen molar-refractivity contribution < 1.29 is 4.79 Å². The van der Waals surface area contributed by atoms with Crippen LogP contribution in [0.2, 0.25) is 5.02 Å². The molecule has 1 N–H and O–H groups in total. The average Bonchev–Trinajstić information content (AvgIpc) is 2.95. The maximum absolute atomic E-state index is 12.3. The summed E-state index contributed by atoms with van der Waals surface area (Å²) in [5.41, 5.74) is 3.14. The van der Waals surface area contributed by atoms with Crippen molar-refractivity contribution in [3.63, 3.8) is 0 Å². The van der Waals surface area contributed by atoms with Crippen LogP contribution in [-0.2, 0) is 13.0 Å². The van der Waals surface area contributed by atoms with E-state index in [2.05, 4.69) is 22.3 Å². The molecule has 0 aromatic heterocycles. The van der Waals surface area contributed by atoms with Gasteiger partial charge < -0.3 is 5.32 Å². The molecule has 0 saturated carbocycles. The molecular weight excluding hydrogens is 356 g/mol. The molecule has 27 heavy (non-hydrogen) atoms. The fraction of sp³-hybridized carbons (Fsp3) is 0.435. The molecule has 1 fully saturated rings. The minimum absolute atomic E-state index is 0.00418. The summed E-state index contributed by atoms with van der Waals surface area (Å²) in [6.07, 6.45) is 7.05. The third-order valence-corrected chi connectivity index (χ3v) is 5.56. The Morgan fingerprint density at radius 1 is 0.963 bits per heavy atom. The summed E-state index contributed by atoms with van der Waals surface area (Å²) in [5.74, 6) is -0.00418. The number of nitrogens with zero attached hydrogens (tertiary/aromatic N) is 1. The van der Waals surface area contributed by atoms with Gasteiger partial charge in [0, 0.05) is 23.7 Å². The number of nitrogens with one attached hydrogen (secondary N) is 1. The van der Waals surface area contributed by atoms with Crippen LogP contribution >= 0.6 is 11.6 Å². The van der Waals surface area contributed by atoms with Crippen molar-refractivity contribution in [2.45, 2.75) is 45.1 Å². The Morgan fingerprint density at radius 2 is 1.67 bits per heavy atom. The van der Waals surface area contributed by atoms with Gasteiger partial charge in [-0.2, -0.15) is 0 Å². The van der Waals surface area contributed by atoms with Crippen LogP contribution in [-0.4, -0.2) is 30.4 Å².